The number of aryl methyl sites for hydroxylation is 2. The van der Waals surface area contributed by atoms with E-state index >= 15 is 0 Å². The van der Waals surface area contributed by atoms with Crippen molar-refractivity contribution < 1.29 is 22.7 Å². The van der Waals surface area contributed by atoms with Crippen LogP contribution in [0.1, 0.15) is 29.5 Å². The van der Waals surface area contributed by atoms with Crippen LogP contribution in [-0.2, 0) is 23.8 Å². The van der Waals surface area contributed by atoms with Crippen molar-refractivity contribution in [2.45, 2.75) is 37.9 Å². The summed E-state index contributed by atoms with van der Waals surface area (Å²) in [5.74, 6) is 0.662. The molecule has 0 aromatic heterocycles. The zero-order chi connectivity index (χ0) is 18.6. The van der Waals surface area contributed by atoms with Gasteiger partial charge in [-0.15, -0.1) is 0 Å². The summed E-state index contributed by atoms with van der Waals surface area (Å²) in [7, 11) is 0. The summed E-state index contributed by atoms with van der Waals surface area (Å²) in [6.45, 7) is 0.395. The van der Waals surface area contributed by atoms with Crippen molar-refractivity contribution in [2.24, 2.45) is 0 Å². The number of nitrogens with one attached hydrogen (secondary N) is 1. The molecule has 1 aliphatic heterocycles. The third-order valence-corrected chi connectivity index (χ3v) is 4.43. The molecule has 3 nitrogen and oxygen atoms in total. The smallest absolute Gasteiger partial charge is 0.416 e. The largest absolute Gasteiger partial charge is 0.491 e. The number of para-hydroxylation sites is 1. The molecule has 1 atom stereocenters. The van der Waals surface area contributed by atoms with E-state index in [1.807, 2.05) is 24.3 Å². The molecule has 1 unspecified atom stereocenters. The van der Waals surface area contributed by atoms with E-state index in [1.165, 1.54) is 6.07 Å². The van der Waals surface area contributed by atoms with E-state index in [9.17, 15) is 18.0 Å². The third-order valence-electron chi connectivity index (χ3n) is 4.43. The van der Waals surface area contributed by atoms with Gasteiger partial charge in [-0.05, 0) is 42.5 Å². The van der Waals surface area contributed by atoms with Crippen molar-refractivity contribution in [3.05, 3.63) is 65.2 Å². The van der Waals surface area contributed by atoms with E-state index in [-0.39, 0.29) is 24.8 Å². The number of benzene rings is 2. The molecule has 0 spiro atoms. The number of halogens is 3. The van der Waals surface area contributed by atoms with Crippen LogP contribution in [0.25, 0.3) is 0 Å². The summed E-state index contributed by atoms with van der Waals surface area (Å²) in [6.07, 6.45) is -2.37. The second-order valence-electron chi connectivity index (χ2n) is 6.42. The molecule has 0 radical (unpaired) electrons. The highest BCUT2D eigenvalue weighted by Crippen LogP contribution is 2.29. The zero-order valence-electron chi connectivity index (χ0n) is 14.2. The lowest BCUT2D eigenvalue weighted by atomic mass is 10.0. The van der Waals surface area contributed by atoms with Crippen LogP contribution in [0.3, 0.4) is 0 Å². The number of alkyl halides is 3. The Balaban J connectivity index is 1.51. The van der Waals surface area contributed by atoms with Crippen molar-refractivity contribution in [1.29, 1.82) is 0 Å². The average Bonchev–Trinajstić information content (AvgIpc) is 2.82. The van der Waals surface area contributed by atoms with Crippen LogP contribution in [-0.4, -0.2) is 18.6 Å². The van der Waals surface area contributed by atoms with Crippen molar-refractivity contribution in [3.63, 3.8) is 0 Å². The van der Waals surface area contributed by atoms with Gasteiger partial charge in [0, 0.05) is 6.42 Å². The second-order valence-corrected chi connectivity index (χ2v) is 6.42. The summed E-state index contributed by atoms with van der Waals surface area (Å²) in [6, 6.07) is 12.8. The highest BCUT2D eigenvalue weighted by molar-refractivity contribution is 5.76. The Labute approximate surface area is 150 Å². The van der Waals surface area contributed by atoms with Gasteiger partial charge in [-0.25, -0.2) is 0 Å². The number of carbonyl (C=O) groups excluding carboxylic acids is 1. The average molecular weight is 363 g/mol. The minimum absolute atomic E-state index is 0.101. The summed E-state index contributed by atoms with van der Waals surface area (Å²) in [5, 5.41) is 2.92. The van der Waals surface area contributed by atoms with Crippen LogP contribution in [0.5, 0.6) is 5.75 Å². The summed E-state index contributed by atoms with van der Waals surface area (Å²) in [5.41, 5.74) is 0.929. The topological polar surface area (TPSA) is 38.3 Å². The maximum absolute atomic E-state index is 12.7. The molecule has 0 saturated carbocycles. The van der Waals surface area contributed by atoms with Gasteiger partial charge < -0.3 is 10.1 Å². The van der Waals surface area contributed by atoms with E-state index in [1.54, 1.807) is 6.07 Å². The van der Waals surface area contributed by atoms with Crippen LogP contribution in [0.15, 0.2) is 48.5 Å². The van der Waals surface area contributed by atoms with E-state index in [2.05, 4.69) is 5.32 Å². The first-order valence-electron chi connectivity index (χ1n) is 8.58. The van der Waals surface area contributed by atoms with Gasteiger partial charge in [0.15, 0.2) is 0 Å². The van der Waals surface area contributed by atoms with Crippen molar-refractivity contribution in [1.82, 2.24) is 5.32 Å². The lowest BCUT2D eigenvalue weighted by Crippen LogP contribution is -2.38. The number of fused-ring (bicyclic) bond motifs is 1. The van der Waals surface area contributed by atoms with E-state index in [0.717, 1.165) is 36.3 Å². The Hall–Kier alpha value is -2.50. The monoisotopic (exact) mass is 363 g/mol. The fraction of sp³-hybridized carbons (Fsp3) is 0.350. The second kappa shape index (κ2) is 7.81. The zero-order valence-corrected chi connectivity index (χ0v) is 14.2. The van der Waals surface area contributed by atoms with Crippen molar-refractivity contribution >= 4 is 5.91 Å². The fourth-order valence-corrected chi connectivity index (χ4v) is 3.03. The van der Waals surface area contributed by atoms with Crippen LogP contribution in [0.2, 0.25) is 0 Å². The summed E-state index contributed by atoms with van der Waals surface area (Å²) in [4.78, 5) is 12.2. The van der Waals surface area contributed by atoms with Gasteiger partial charge in [0.25, 0.3) is 0 Å². The van der Waals surface area contributed by atoms with Gasteiger partial charge in [0.2, 0.25) is 5.91 Å². The van der Waals surface area contributed by atoms with Gasteiger partial charge in [-0.3, -0.25) is 4.79 Å². The van der Waals surface area contributed by atoms with Gasteiger partial charge in [-0.1, -0.05) is 36.4 Å². The summed E-state index contributed by atoms with van der Waals surface area (Å²) < 4.78 is 43.9. The molecule has 3 rings (SSSR count). The van der Waals surface area contributed by atoms with Crippen molar-refractivity contribution in [3.8, 4) is 5.75 Å². The predicted octanol–water partition coefficient (Wildman–Crippen LogP) is 4.15. The number of rotatable bonds is 4. The molecular weight excluding hydrogens is 343 g/mol. The molecule has 6 heteroatoms. The molecule has 138 valence electrons. The quantitative estimate of drug-likeness (QED) is 0.886. The van der Waals surface area contributed by atoms with Gasteiger partial charge >= 0.3 is 6.18 Å². The first-order valence-corrected chi connectivity index (χ1v) is 8.58. The Kier molecular flexibility index (Phi) is 5.49. The number of hydrogen-bond donors (Lipinski definition) is 1. The molecule has 0 saturated heterocycles. The van der Waals surface area contributed by atoms with E-state index in [4.69, 9.17) is 4.74 Å². The number of ether oxygens (including phenoxy) is 1. The van der Waals surface area contributed by atoms with Gasteiger partial charge in [0.1, 0.15) is 12.4 Å². The number of amides is 1. The standard InChI is InChI=1S/C20H20F3NO2/c21-20(22,23)16-6-3-4-14(12-16)8-11-19(25)24-17-10-9-15-5-1-2-7-18(15)26-13-17/h1-7,12,17H,8-11,13H2,(H,24,25). The fourth-order valence-electron chi connectivity index (χ4n) is 3.03. The van der Waals surface area contributed by atoms with Gasteiger partial charge in [0.05, 0.1) is 11.6 Å². The molecule has 1 aliphatic rings. The lowest BCUT2D eigenvalue weighted by molar-refractivity contribution is -0.137. The minimum Gasteiger partial charge on any atom is -0.491 e. The lowest BCUT2D eigenvalue weighted by Gasteiger charge is -2.16. The highest BCUT2D eigenvalue weighted by Gasteiger charge is 2.30. The molecule has 0 bridgehead atoms. The predicted molar refractivity (Wildman–Crippen MR) is 92.0 cm³/mol. The molecule has 2 aromatic carbocycles. The van der Waals surface area contributed by atoms with Crippen molar-refractivity contribution in [2.75, 3.05) is 6.61 Å². The number of hydrogen-bond acceptors (Lipinski definition) is 2. The van der Waals surface area contributed by atoms with E-state index in [0.29, 0.717) is 12.2 Å². The Morgan fingerprint density at radius 2 is 1.96 bits per heavy atom. The Morgan fingerprint density at radius 1 is 1.15 bits per heavy atom. The molecule has 1 N–H and O–H groups in total. The third kappa shape index (κ3) is 4.77. The first-order chi connectivity index (χ1) is 12.4. The molecule has 1 amide bonds. The SMILES string of the molecule is O=C(CCc1cccc(C(F)(F)F)c1)NC1CCc2ccccc2OC1. The van der Waals surface area contributed by atoms with Gasteiger partial charge in [-0.2, -0.15) is 13.2 Å². The molecule has 1 heterocycles. The summed E-state index contributed by atoms with van der Waals surface area (Å²) >= 11 is 0. The van der Waals surface area contributed by atoms with E-state index < -0.39 is 11.7 Å². The number of carbonyl (C=O) groups is 1. The minimum atomic E-state index is -4.37. The first kappa shape index (κ1) is 18.3. The molecule has 2 aromatic rings. The molecule has 0 fully saturated rings. The Bertz CT molecular complexity index is 747. The molecular formula is C20H20F3NO2. The highest BCUT2D eigenvalue weighted by atomic mass is 19.4. The van der Waals surface area contributed by atoms with Crippen LogP contribution in [0, 0.1) is 0 Å². The van der Waals surface area contributed by atoms with Crippen LogP contribution >= 0.6 is 0 Å². The maximum Gasteiger partial charge on any atom is 0.416 e. The molecule has 0 aliphatic carbocycles. The van der Waals surface area contributed by atoms with Crippen LogP contribution < -0.4 is 10.1 Å². The maximum atomic E-state index is 12.7. The normalized spacial score (nSPS) is 17.0. The Morgan fingerprint density at radius 3 is 2.77 bits per heavy atom. The van der Waals surface area contributed by atoms with Crippen LogP contribution in [0.4, 0.5) is 13.2 Å². The molecule has 26 heavy (non-hydrogen) atoms.